The molecule has 0 saturated heterocycles. The monoisotopic (exact) mass is 464 g/mol. The number of rotatable bonds is 4. The van der Waals surface area contributed by atoms with Gasteiger partial charge in [0.2, 0.25) is 5.90 Å². The Morgan fingerprint density at radius 2 is 1.73 bits per heavy atom. The lowest BCUT2D eigenvalue weighted by Gasteiger charge is -2.16. The molecule has 6 nitrogen and oxygen atoms in total. The Balaban J connectivity index is 1.45. The topological polar surface area (TPSA) is 64.5 Å². The third-order valence-electron chi connectivity index (χ3n) is 6.41. The van der Waals surface area contributed by atoms with Gasteiger partial charge in [-0.3, -0.25) is 0 Å². The molecule has 0 fully saturated rings. The predicted molar refractivity (Wildman–Crippen MR) is 128 cm³/mol. The van der Waals surface area contributed by atoms with E-state index in [-0.39, 0.29) is 5.54 Å². The first-order valence-electron chi connectivity index (χ1n) is 11.4. The summed E-state index contributed by atoms with van der Waals surface area (Å²) in [6.45, 7) is 5.47. The highest BCUT2D eigenvalue weighted by molar-refractivity contribution is 7.89. The Bertz CT molecular complexity index is 1350. The number of ether oxygens (including phenoxy) is 1. The van der Waals surface area contributed by atoms with Gasteiger partial charge in [0.1, 0.15) is 25.5 Å². The molecule has 33 heavy (non-hydrogen) atoms. The van der Waals surface area contributed by atoms with Crippen molar-refractivity contribution in [1.82, 2.24) is 3.97 Å². The molecule has 0 atom stereocenters. The second-order valence-corrected chi connectivity index (χ2v) is 11.7. The number of hydrogen-bond acceptors (Lipinski definition) is 4. The second kappa shape index (κ2) is 8.13. The van der Waals surface area contributed by atoms with Gasteiger partial charge >= 0.3 is 10.0 Å². The van der Waals surface area contributed by atoms with Gasteiger partial charge in [0.25, 0.3) is 6.33 Å². The number of hydrogen-bond donors (Lipinski definition) is 0. The Morgan fingerprint density at radius 1 is 1.03 bits per heavy atom. The third-order valence-corrected chi connectivity index (χ3v) is 7.39. The summed E-state index contributed by atoms with van der Waals surface area (Å²) in [5, 5.41) is 0. The summed E-state index contributed by atoms with van der Waals surface area (Å²) in [6.07, 6.45) is 9.93. The van der Waals surface area contributed by atoms with Crippen LogP contribution in [0.2, 0.25) is 0 Å². The van der Waals surface area contributed by atoms with E-state index in [4.69, 9.17) is 9.73 Å². The van der Waals surface area contributed by atoms with Crippen molar-refractivity contribution < 1.29 is 17.7 Å². The van der Waals surface area contributed by atoms with Gasteiger partial charge in [-0.2, -0.15) is 8.42 Å². The van der Waals surface area contributed by atoms with Gasteiger partial charge in [-0.1, -0.05) is 30.3 Å². The molecule has 2 aromatic carbocycles. The van der Waals surface area contributed by atoms with Crippen LogP contribution in [0.25, 0.3) is 0 Å². The molecule has 0 N–H and O–H groups in total. The maximum Gasteiger partial charge on any atom is 0.301 e. The molecule has 5 aliphatic rings. The highest BCUT2D eigenvalue weighted by atomic mass is 32.2. The zero-order valence-electron chi connectivity index (χ0n) is 19.4. The first kappa shape index (κ1) is 21.9. The predicted octanol–water partition coefficient (Wildman–Crippen LogP) is 3.07. The highest BCUT2D eigenvalue weighted by Crippen LogP contribution is 2.26. The summed E-state index contributed by atoms with van der Waals surface area (Å²) in [7, 11) is -3.28. The molecule has 7 heteroatoms. The van der Waals surface area contributed by atoms with Crippen LogP contribution in [-0.4, -0.2) is 36.7 Å². The van der Waals surface area contributed by atoms with Crippen LogP contribution in [-0.2, 0) is 47.0 Å². The van der Waals surface area contributed by atoms with E-state index in [0.717, 1.165) is 37.1 Å². The van der Waals surface area contributed by atoms with Crippen LogP contribution in [0, 0.1) is 0 Å². The minimum absolute atomic E-state index is 0.175. The number of nitrogens with zero attached hydrogens (tertiary/aromatic N) is 3. The molecule has 0 saturated carbocycles. The normalized spacial score (nSPS) is 17.4. The molecule has 8 rings (SSSR count). The SMILES string of the molecule is CC1(C)COC(c2cc3ccc2CCc2ccc(c(C[n+]4ccn(S(C)(=O)=O)c4)c2)CC3)=N1. The van der Waals surface area contributed by atoms with Crippen LogP contribution in [0.5, 0.6) is 0 Å². The van der Waals surface area contributed by atoms with Gasteiger partial charge in [0.15, 0.2) is 0 Å². The van der Waals surface area contributed by atoms with Crippen LogP contribution in [0.4, 0.5) is 0 Å². The molecule has 1 aromatic heterocycles. The van der Waals surface area contributed by atoms with Crippen LogP contribution >= 0.6 is 0 Å². The van der Waals surface area contributed by atoms with Crippen molar-refractivity contribution in [2.75, 3.05) is 12.9 Å². The molecular formula is C26H30N3O3S+. The molecule has 3 aromatic rings. The zero-order chi connectivity index (χ0) is 23.2. The number of imidazole rings is 1. The fraction of sp³-hybridized carbons (Fsp3) is 0.385. The maximum atomic E-state index is 11.8. The van der Waals surface area contributed by atoms with Crippen LogP contribution in [0.3, 0.4) is 0 Å². The van der Waals surface area contributed by atoms with Crippen molar-refractivity contribution in [2.24, 2.45) is 4.99 Å². The van der Waals surface area contributed by atoms with E-state index < -0.39 is 10.0 Å². The Labute approximate surface area is 195 Å². The lowest BCUT2D eigenvalue weighted by Crippen LogP contribution is -2.32. The fourth-order valence-corrected chi connectivity index (χ4v) is 5.13. The summed E-state index contributed by atoms with van der Waals surface area (Å²) in [4.78, 5) is 4.83. The molecule has 4 bridgehead atoms. The van der Waals surface area contributed by atoms with E-state index in [2.05, 4.69) is 50.2 Å². The van der Waals surface area contributed by atoms with E-state index in [9.17, 15) is 8.42 Å². The molecule has 172 valence electrons. The number of aromatic nitrogens is 2. The summed E-state index contributed by atoms with van der Waals surface area (Å²) in [5.41, 5.74) is 7.31. The lowest BCUT2D eigenvalue weighted by atomic mass is 9.91. The van der Waals surface area contributed by atoms with E-state index in [1.165, 1.54) is 38.0 Å². The number of aryl methyl sites for hydroxylation is 4. The first-order valence-corrected chi connectivity index (χ1v) is 13.2. The quantitative estimate of drug-likeness (QED) is 0.558. The zero-order valence-corrected chi connectivity index (χ0v) is 20.2. The molecular weight excluding hydrogens is 434 g/mol. The first-order chi connectivity index (χ1) is 15.7. The van der Waals surface area contributed by atoms with E-state index in [1.54, 1.807) is 12.5 Å². The van der Waals surface area contributed by atoms with E-state index in [1.807, 2.05) is 10.8 Å². The van der Waals surface area contributed by atoms with Crippen molar-refractivity contribution in [1.29, 1.82) is 0 Å². The molecule has 4 aliphatic carbocycles. The van der Waals surface area contributed by atoms with Gasteiger partial charge in [0.05, 0.1) is 11.8 Å². The van der Waals surface area contributed by atoms with Crippen molar-refractivity contribution in [3.8, 4) is 0 Å². The Kier molecular flexibility index (Phi) is 5.40. The summed E-state index contributed by atoms with van der Waals surface area (Å²) >= 11 is 0. The van der Waals surface area contributed by atoms with Gasteiger partial charge in [0, 0.05) is 5.56 Å². The van der Waals surface area contributed by atoms with Crippen LogP contribution in [0.15, 0.2) is 60.1 Å². The molecule has 0 spiro atoms. The van der Waals surface area contributed by atoms with Gasteiger partial charge in [-0.15, -0.1) is 3.97 Å². The van der Waals surface area contributed by atoms with Gasteiger partial charge in [-0.25, -0.2) is 9.56 Å². The smallest absolute Gasteiger partial charge is 0.301 e. The number of benzene rings is 2. The molecule has 1 aliphatic heterocycles. The summed E-state index contributed by atoms with van der Waals surface area (Å²) in [5.74, 6) is 0.773. The molecule has 0 radical (unpaired) electrons. The summed E-state index contributed by atoms with van der Waals surface area (Å²) in [6, 6.07) is 13.5. The molecule has 0 amide bonds. The fourth-order valence-electron chi connectivity index (χ4n) is 4.56. The van der Waals surface area contributed by atoms with Crippen LogP contribution in [0.1, 0.15) is 47.2 Å². The van der Waals surface area contributed by atoms with Crippen LogP contribution < -0.4 is 4.57 Å². The van der Waals surface area contributed by atoms with E-state index >= 15 is 0 Å². The van der Waals surface area contributed by atoms with Gasteiger partial charge in [-0.05, 0) is 73.4 Å². The lowest BCUT2D eigenvalue weighted by molar-refractivity contribution is -0.687. The highest BCUT2D eigenvalue weighted by Gasteiger charge is 2.28. The summed E-state index contributed by atoms with van der Waals surface area (Å²) < 4.78 is 32.8. The Hall–Kier alpha value is -2.93. The van der Waals surface area contributed by atoms with Crippen molar-refractivity contribution >= 4 is 15.9 Å². The van der Waals surface area contributed by atoms with Crippen molar-refractivity contribution in [3.05, 3.63) is 88.5 Å². The average molecular weight is 465 g/mol. The largest absolute Gasteiger partial charge is 0.475 e. The Morgan fingerprint density at radius 3 is 2.39 bits per heavy atom. The minimum atomic E-state index is -3.28. The van der Waals surface area contributed by atoms with Gasteiger partial charge < -0.3 is 4.74 Å². The van der Waals surface area contributed by atoms with Crippen molar-refractivity contribution in [2.45, 2.75) is 51.6 Å². The average Bonchev–Trinajstić information content (AvgIpc) is 3.36. The van der Waals surface area contributed by atoms with Crippen molar-refractivity contribution in [3.63, 3.8) is 0 Å². The standard InChI is InChI=1S/C26H30N3O3S/c1-26(2)17-32-25(27-26)24-15-20-5-9-21-8-4-19(6-10-22(24)11-7-20)14-23(21)16-28-12-13-29(18-28)33(3,30)31/h4,7-8,11-15,18H,5-6,9-10,16-17H2,1-3H3/q+1. The molecule has 2 heterocycles. The third kappa shape index (κ3) is 4.74. The number of aliphatic imine (C=N–C) groups is 1. The second-order valence-electron chi connectivity index (χ2n) is 9.79. The molecule has 0 unspecified atom stereocenters. The maximum absolute atomic E-state index is 11.8. The van der Waals surface area contributed by atoms with E-state index in [0.29, 0.717) is 13.2 Å². The minimum Gasteiger partial charge on any atom is -0.475 e.